The van der Waals surface area contributed by atoms with Gasteiger partial charge in [0, 0.05) is 55.1 Å². The zero-order chi connectivity index (χ0) is 20.5. The largest absolute Gasteiger partial charge is 0.392 e. The van der Waals surface area contributed by atoms with Gasteiger partial charge in [-0.3, -0.25) is 4.99 Å². The summed E-state index contributed by atoms with van der Waals surface area (Å²) in [6.45, 7) is 4.44. The van der Waals surface area contributed by atoms with Gasteiger partial charge in [0.05, 0.1) is 29.0 Å². The fraction of sp³-hybridized carbons (Fsp3) is 0.591. The molecule has 0 bridgehead atoms. The lowest BCUT2D eigenvalue weighted by atomic mass is 10.1. The Labute approximate surface area is 186 Å². The van der Waals surface area contributed by atoms with Crippen molar-refractivity contribution in [3.8, 4) is 0 Å². The third-order valence-electron chi connectivity index (χ3n) is 6.24. The minimum absolute atomic E-state index is 0.149. The van der Waals surface area contributed by atoms with E-state index in [9.17, 15) is 5.11 Å². The third kappa shape index (κ3) is 4.65. The summed E-state index contributed by atoms with van der Waals surface area (Å²) in [5, 5.41) is 16.3. The molecule has 0 amide bonds. The molecule has 8 heteroatoms. The number of rotatable bonds is 6. The van der Waals surface area contributed by atoms with Crippen molar-refractivity contribution in [3.63, 3.8) is 0 Å². The molecular formula is C22H29ClN4O2S. The summed E-state index contributed by atoms with van der Waals surface area (Å²) in [6, 6.07) is 6.96. The van der Waals surface area contributed by atoms with Crippen molar-refractivity contribution in [2.45, 2.75) is 43.9 Å². The van der Waals surface area contributed by atoms with Crippen molar-refractivity contribution in [3.05, 3.63) is 28.9 Å². The number of hydrogen-bond acceptors (Lipinski definition) is 6. The summed E-state index contributed by atoms with van der Waals surface area (Å²) in [6.07, 6.45) is 3.82. The lowest BCUT2D eigenvalue weighted by molar-refractivity contribution is 0.0905. The van der Waals surface area contributed by atoms with E-state index in [-0.39, 0.29) is 6.10 Å². The molecule has 2 unspecified atom stereocenters. The van der Waals surface area contributed by atoms with E-state index in [0.29, 0.717) is 12.1 Å². The zero-order valence-electron chi connectivity index (χ0n) is 17.1. The van der Waals surface area contributed by atoms with Crippen molar-refractivity contribution < 1.29 is 9.84 Å². The van der Waals surface area contributed by atoms with Gasteiger partial charge in [0.15, 0.2) is 0 Å². The Balaban J connectivity index is 1.30. The van der Waals surface area contributed by atoms with Crippen LogP contribution >= 0.6 is 23.4 Å². The lowest BCUT2D eigenvalue weighted by Crippen LogP contribution is -2.27. The van der Waals surface area contributed by atoms with E-state index in [1.807, 2.05) is 23.9 Å². The Hall–Kier alpha value is -1.25. The number of benzene rings is 1. The highest BCUT2D eigenvalue weighted by Gasteiger charge is 2.25. The first-order valence-corrected chi connectivity index (χ1v) is 12.3. The van der Waals surface area contributed by atoms with Crippen LogP contribution in [0.3, 0.4) is 0 Å². The van der Waals surface area contributed by atoms with Crippen molar-refractivity contribution in [2.75, 3.05) is 43.9 Å². The van der Waals surface area contributed by atoms with Crippen molar-refractivity contribution in [1.29, 1.82) is 0 Å². The summed E-state index contributed by atoms with van der Waals surface area (Å²) < 4.78 is 5.48. The first-order valence-electron chi connectivity index (χ1n) is 10.9. The van der Waals surface area contributed by atoms with Gasteiger partial charge >= 0.3 is 0 Å². The Morgan fingerprint density at radius 1 is 1.27 bits per heavy atom. The fourth-order valence-corrected chi connectivity index (χ4v) is 5.86. The number of aromatic nitrogens is 1. The summed E-state index contributed by atoms with van der Waals surface area (Å²) in [4.78, 5) is 10.9. The molecule has 4 heterocycles. The molecule has 30 heavy (non-hydrogen) atoms. The van der Waals surface area contributed by atoms with Crippen LogP contribution in [0.4, 0.5) is 5.69 Å². The highest BCUT2D eigenvalue weighted by Crippen LogP contribution is 2.33. The second-order valence-corrected chi connectivity index (χ2v) is 10.0. The average Bonchev–Trinajstić information content (AvgIpc) is 3.46. The number of halogens is 1. The zero-order valence-corrected chi connectivity index (χ0v) is 18.6. The fourth-order valence-electron chi connectivity index (χ4n) is 4.56. The molecule has 1 aromatic heterocycles. The summed E-state index contributed by atoms with van der Waals surface area (Å²) >= 11 is 8.24. The number of aromatic amines is 1. The van der Waals surface area contributed by atoms with Gasteiger partial charge in [-0.15, -0.1) is 11.8 Å². The minimum Gasteiger partial charge on any atom is -0.392 e. The third-order valence-corrected chi connectivity index (χ3v) is 7.61. The summed E-state index contributed by atoms with van der Waals surface area (Å²) in [5.41, 5.74) is 3.23. The van der Waals surface area contributed by atoms with E-state index in [1.165, 1.54) is 0 Å². The van der Waals surface area contributed by atoms with E-state index in [4.69, 9.17) is 21.3 Å². The molecule has 3 aliphatic rings. The lowest BCUT2D eigenvalue weighted by Gasteiger charge is -2.24. The maximum absolute atomic E-state index is 9.70. The van der Waals surface area contributed by atoms with Crippen LogP contribution < -0.4 is 5.32 Å². The number of nitrogens with zero attached hydrogens (tertiary/aromatic N) is 2. The van der Waals surface area contributed by atoms with E-state index >= 15 is 0 Å². The normalized spacial score (nSPS) is 25.9. The average molecular weight is 449 g/mol. The van der Waals surface area contributed by atoms with Gasteiger partial charge in [-0.1, -0.05) is 11.6 Å². The smallest absolute Gasteiger partial charge is 0.114 e. The Morgan fingerprint density at radius 2 is 2.13 bits per heavy atom. The van der Waals surface area contributed by atoms with Gasteiger partial charge in [0.2, 0.25) is 0 Å². The van der Waals surface area contributed by atoms with Gasteiger partial charge in [-0.2, -0.15) is 0 Å². The number of aliphatic imine (C=N–C) groups is 1. The maximum atomic E-state index is 9.70. The summed E-state index contributed by atoms with van der Waals surface area (Å²) in [5.74, 6) is 1.02. The topological polar surface area (TPSA) is 72.9 Å². The van der Waals surface area contributed by atoms with Crippen molar-refractivity contribution in [2.24, 2.45) is 4.99 Å². The number of ether oxygens (including phenoxy) is 1. The number of nitrogens with one attached hydrogen (secondary N) is 2. The predicted octanol–water partition coefficient (Wildman–Crippen LogP) is 3.73. The van der Waals surface area contributed by atoms with Gasteiger partial charge in [-0.25, -0.2) is 0 Å². The number of thioether (sulfide) groups is 1. The van der Waals surface area contributed by atoms with Gasteiger partial charge in [-0.05, 0) is 43.9 Å². The highest BCUT2D eigenvalue weighted by atomic mass is 35.5. The van der Waals surface area contributed by atoms with Crippen LogP contribution in [-0.4, -0.2) is 76.8 Å². The first kappa shape index (κ1) is 20.6. The highest BCUT2D eigenvalue weighted by molar-refractivity contribution is 8.14. The SMILES string of the molecule is OC1CCN(CCC2CSC(c3cc4cc(Cl)cc(NC5CCOCC5)c4[nH]3)=N2)C1. The van der Waals surface area contributed by atoms with Crippen LogP contribution in [0.15, 0.2) is 23.2 Å². The molecule has 2 saturated heterocycles. The van der Waals surface area contributed by atoms with Crippen LogP contribution in [-0.2, 0) is 4.74 Å². The molecule has 3 N–H and O–H groups in total. The summed E-state index contributed by atoms with van der Waals surface area (Å²) in [7, 11) is 0. The molecule has 0 spiro atoms. The number of fused-ring (bicyclic) bond motifs is 1. The number of β-amino-alcohol motifs (C(OH)–C–C–N with tert-alkyl or cyclic N) is 1. The van der Waals surface area contributed by atoms with Crippen LogP contribution in [0, 0.1) is 0 Å². The van der Waals surface area contributed by atoms with Gasteiger partial charge in [0.25, 0.3) is 0 Å². The number of hydrogen-bond donors (Lipinski definition) is 3. The molecule has 0 radical (unpaired) electrons. The Bertz CT molecular complexity index is 927. The van der Waals surface area contributed by atoms with Crippen LogP contribution in [0.2, 0.25) is 5.02 Å². The second-order valence-electron chi connectivity index (χ2n) is 8.56. The quantitative estimate of drug-likeness (QED) is 0.628. The number of aliphatic hydroxyl groups is 1. The Morgan fingerprint density at radius 3 is 2.93 bits per heavy atom. The van der Waals surface area contributed by atoms with E-state index in [0.717, 1.165) is 96.6 Å². The molecular weight excluding hydrogens is 420 g/mol. The molecule has 2 fully saturated rings. The minimum atomic E-state index is -0.149. The molecule has 3 aliphatic heterocycles. The molecule has 5 rings (SSSR count). The molecule has 162 valence electrons. The Kier molecular flexibility index (Phi) is 6.25. The van der Waals surface area contributed by atoms with Crippen LogP contribution in [0.1, 0.15) is 31.4 Å². The van der Waals surface area contributed by atoms with E-state index in [2.05, 4.69) is 21.3 Å². The maximum Gasteiger partial charge on any atom is 0.114 e. The van der Waals surface area contributed by atoms with E-state index in [1.54, 1.807) is 0 Å². The number of anilines is 1. The number of aliphatic hydroxyl groups excluding tert-OH is 1. The molecule has 2 atom stereocenters. The predicted molar refractivity (Wildman–Crippen MR) is 125 cm³/mol. The van der Waals surface area contributed by atoms with Crippen LogP contribution in [0.25, 0.3) is 10.9 Å². The molecule has 0 aliphatic carbocycles. The molecule has 1 aromatic carbocycles. The molecule has 2 aromatic rings. The monoisotopic (exact) mass is 448 g/mol. The van der Waals surface area contributed by atoms with Gasteiger partial charge in [0.1, 0.15) is 5.04 Å². The molecule has 6 nitrogen and oxygen atoms in total. The second kappa shape index (κ2) is 9.09. The van der Waals surface area contributed by atoms with Crippen molar-refractivity contribution >= 4 is 45.0 Å². The van der Waals surface area contributed by atoms with Gasteiger partial charge < -0.3 is 25.0 Å². The number of H-pyrrole nitrogens is 1. The molecule has 0 saturated carbocycles. The first-order chi connectivity index (χ1) is 14.6. The standard InChI is InChI=1S/C22H29ClN4O2S/c23-15-9-14-10-20(26-21(14)19(11-15)24-16-3-7-29-8-4-16)22-25-17(13-30-22)1-5-27-6-2-18(28)12-27/h9-11,16-18,24,26,28H,1-8,12-13H2. The van der Waals surface area contributed by atoms with Crippen LogP contribution in [0.5, 0.6) is 0 Å². The van der Waals surface area contributed by atoms with Crippen molar-refractivity contribution in [1.82, 2.24) is 9.88 Å². The number of likely N-dealkylation sites (tertiary alicyclic amines) is 1. The van der Waals surface area contributed by atoms with E-state index < -0.39 is 0 Å².